The molecule has 2 aromatic rings. The number of aliphatic hydroxyl groups excluding tert-OH is 1. The second kappa shape index (κ2) is 7.85. The second-order valence-corrected chi connectivity index (χ2v) is 10.1. The maximum atomic E-state index is 12.0. The average Bonchev–Trinajstić information content (AvgIpc) is 3.19. The number of thioether (sulfide) groups is 1. The molecule has 14 heteroatoms. The number of ether oxygens (including phenoxy) is 3. The first-order valence-electron chi connectivity index (χ1n) is 9.17. The molecule has 30 heavy (non-hydrogen) atoms. The van der Waals surface area contributed by atoms with Crippen LogP contribution in [0.25, 0.3) is 11.2 Å². The van der Waals surface area contributed by atoms with Crippen molar-refractivity contribution in [3.8, 4) is 0 Å². The van der Waals surface area contributed by atoms with E-state index in [1.807, 2.05) is 0 Å². The smallest absolute Gasteiger partial charge is 0.264 e. The van der Waals surface area contributed by atoms with E-state index in [-0.39, 0.29) is 19.2 Å². The molecule has 0 amide bonds. The number of aromatic nitrogens is 4. The number of imidazole rings is 1. The monoisotopic (exact) mass is 461 g/mol. The highest BCUT2D eigenvalue weighted by atomic mass is 32.2. The van der Waals surface area contributed by atoms with Crippen molar-refractivity contribution in [3.05, 3.63) is 6.33 Å². The van der Waals surface area contributed by atoms with Crippen LogP contribution in [-0.2, 0) is 28.5 Å². The summed E-state index contributed by atoms with van der Waals surface area (Å²) in [6.07, 6.45) is -0.688. The van der Waals surface area contributed by atoms with Crippen molar-refractivity contribution in [2.75, 3.05) is 31.0 Å². The van der Waals surface area contributed by atoms with Crippen LogP contribution in [0.1, 0.15) is 20.1 Å². The summed E-state index contributed by atoms with van der Waals surface area (Å²) in [5.41, 5.74) is 6.67. The number of nitrogen functional groups attached to an aromatic ring is 1. The molecule has 2 aliphatic rings. The summed E-state index contributed by atoms with van der Waals surface area (Å²) < 4.78 is 48.5. The SMILES string of the molecule is CC1(C)OC[C@H]2O[C@@H](n3cnc4c(SCCO)nc(N)nc43)[C@@H](OS(C)(=O)=O)[C@@H]2O1. The van der Waals surface area contributed by atoms with E-state index in [0.717, 1.165) is 6.26 Å². The normalized spacial score (nSPS) is 28.7. The molecule has 4 atom stereocenters. The van der Waals surface area contributed by atoms with Gasteiger partial charge in [0, 0.05) is 5.75 Å². The topological polar surface area (TPSA) is 161 Å². The molecule has 0 aliphatic carbocycles. The molecule has 4 rings (SSSR count). The summed E-state index contributed by atoms with van der Waals surface area (Å²) >= 11 is 1.28. The molecule has 0 radical (unpaired) electrons. The fourth-order valence-electron chi connectivity index (χ4n) is 3.49. The molecule has 166 valence electrons. The van der Waals surface area contributed by atoms with Crippen molar-refractivity contribution in [1.29, 1.82) is 0 Å². The van der Waals surface area contributed by atoms with Crippen molar-refractivity contribution in [1.82, 2.24) is 19.5 Å². The predicted octanol–water partition coefficient (Wildman–Crippen LogP) is -0.113. The number of rotatable bonds is 6. The lowest BCUT2D eigenvalue weighted by atomic mass is 10.1. The number of hydrogen-bond acceptors (Lipinski definition) is 12. The third-order valence-electron chi connectivity index (χ3n) is 4.60. The number of nitrogens with two attached hydrogens (primary N) is 1. The molecule has 4 heterocycles. The van der Waals surface area contributed by atoms with Gasteiger partial charge in [0.05, 0.1) is 25.8 Å². The first-order valence-corrected chi connectivity index (χ1v) is 12.0. The first-order chi connectivity index (χ1) is 14.1. The molecule has 0 spiro atoms. The Morgan fingerprint density at radius 2 is 2.20 bits per heavy atom. The zero-order valence-electron chi connectivity index (χ0n) is 16.6. The molecule has 2 fully saturated rings. The minimum atomic E-state index is -3.82. The summed E-state index contributed by atoms with van der Waals surface area (Å²) in [4.78, 5) is 12.8. The standard InChI is InChI=1S/C16H23N5O7S2/c1-16(2)25-6-8-10(27-16)11(28-30(3,23)24)14(26-8)21-7-18-9-12(21)19-15(17)20-13(9)29-5-4-22/h7-8,10-11,14,22H,4-6H2,1-3H3,(H2,17,19,20)/t8-,10-,11+,14-/m1/s1. The summed E-state index contributed by atoms with van der Waals surface area (Å²) in [6.45, 7) is 3.64. The highest BCUT2D eigenvalue weighted by Crippen LogP contribution is 2.41. The number of fused-ring (bicyclic) bond motifs is 2. The maximum absolute atomic E-state index is 12.0. The van der Waals surface area contributed by atoms with Crippen molar-refractivity contribution in [2.45, 2.75) is 49.2 Å². The Balaban J connectivity index is 1.76. The lowest BCUT2D eigenvalue weighted by Gasteiger charge is -2.38. The number of anilines is 1. The van der Waals surface area contributed by atoms with Gasteiger partial charge in [0.25, 0.3) is 10.1 Å². The van der Waals surface area contributed by atoms with Gasteiger partial charge in [-0.15, -0.1) is 11.8 Å². The molecular formula is C16H23N5O7S2. The van der Waals surface area contributed by atoms with Gasteiger partial charge in [0.2, 0.25) is 5.95 Å². The Morgan fingerprint density at radius 1 is 1.43 bits per heavy atom. The molecule has 0 bridgehead atoms. The van der Waals surface area contributed by atoms with E-state index in [2.05, 4.69) is 15.0 Å². The molecule has 0 unspecified atom stereocenters. The van der Waals surface area contributed by atoms with E-state index in [0.29, 0.717) is 21.9 Å². The highest BCUT2D eigenvalue weighted by Gasteiger charge is 2.54. The van der Waals surface area contributed by atoms with E-state index < -0.39 is 40.4 Å². The van der Waals surface area contributed by atoms with Crippen LogP contribution in [0.15, 0.2) is 11.4 Å². The lowest BCUT2D eigenvalue weighted by Crippen LogP contribution is -2.50. The molecule has 2 aromatic heterocycles. The average molecular weight is 462 g/mol. The van der Waals surface area contributed by atoms with E-state index in [1.165, 1.54) is 18.1 Å². The molecule has 3 N–H and O–H groups in total. The molecule has 0 aromatic carbocycles. The zero-order chi connectivity index (χ0) is 21.7. The summed E-state index contributed by atoms with van der Waals surface area (Å²) in [7, 11) is -3.82. The largest absolute Gasteiger partial charge is 0.396 e. The Kier molecular flexibility index (Phi) is 5.67. The van der Waals surface area contributed by atoms with Crippen LogP contribution >= 0.6 is 11.8 Å². The Hall–Kier alpha value is -1.55. The molecule has 12 nitrogen and oxygen atoms in total. The van der Waals surface area contributed by atoms with Crippen molar-refractivity contribution >= 4 is 39.0 Å². The van der Waals surface area contributed by atoms with Gasteiger partial charge in [-0.25, -0.2) is 9.97 Å². The van der Waals surface area contributed by atoms with Crippen molar-refractivity contribution in [3.63, 3.8) is 0 Å². The predicted molar refractivity (Wildman–Crippen MR) is 106 cm³/mol. The van der Waals surface area contributed by atoms with Crippen LogP contribution in [0.2, 0.25) is 0 Å². The number of nitrogens with zero attached hydrogens (tertiary/aromatic N) is 4. The molecule has 2 aliphatic heterocycles. The van der Waals surface area contributed by atoms with Crippen LogP contribution in [0, 0.1) is 0 Å². The molecule has 2 saturated heterocycles. The van der Waals surface area contributed by atoms with Gasteiger partial charge in [0.15, 0.2) is 23.8 Å². The van der Waals surface area contributed by atoms with Gasteiger partial charge in [0.1, 0.15) is 22.8 Å². The van der Waals surface area contributed by atoms with E-state index >= 15 is 0 Å². The number of hydrogen-bond donors (Lipinski definition) is 2. The summed E-state index contributed by atoms with van der Waals surface area (Å²) in [5, 5.41) is 9.61. The first kappa shape index (κ1) is 21.7. The Morgan fingerprint density at radius 3 is 2.90 bits per heavy atom. The fourth-order valence-corrected chi connectivity index (χ4v) is 4.82. The molecule has 0 saturated carbocycles. The van der Waals surface area contributed by atoms with Crippen LogP contribution in [0.3, 0.4) is 0 Å². The summed E-state index contributed by atoms with van der Waals surface area (Å²) in [5.74, 6) is -0.500. The zero-order valence-corrected chi connectivity index (χ0v) is 18.2. The molecular weight excluding hydrogens is 438 g/mol. The van der Waals surface area contributed by atoms with Crippen LogP contribution in [-0.4, -0.2) is 82.4 Å². The minimum absolute atomic E-state index is 0.0152. The second-order valence-electron chi connectivity index (χ2n) is 7.41. The number of aliphatic hydroxyl groups is 1. The van der Waals surface area contributed by atoms with Gasteiger partial charge in [-0.3, -0.25) is 8.75 Å². The van der Waals surface area contributed by atoms with E-state index in [9.17, 15) is 8.42 Å². The highest BCUT2D eigenvalue weighted by molar-refractivity contribution is 7.99. The van der Waals surface area contributed by atoms with Crippen LogP contribution in [0.5, 0.6) is 0 Å². The fraction of sp³-hybridized carbons (Fsp3) is 0.688. The van der Waals surface area contributed by atoms with Gasteiger partial charge >= 0.3 is 0 Å². The van der Waals surface area contributed by atoms with Crippen LogP contribution in [0.4, 0.5) is 5.95 Å². The van der Waals surface area contributed by atoms with Crippen molar-refractivity contribution < 1.29 is 31.9 Å². The Labute approximate surface area is 177 Å². The third kappa shape index (κ3) is 4.26. The maximum Gasteiger partial charge on any atom is 0.264 e. The van der Waals surface area contributed by atoms with Gasteiger partial charge in [-0.2, -0.15) is 13.4 Å². The quantitative estimate of drug-likeness (QED) is 0.334. The van der Waals surface area contributed by atoms with Gasteiger partial charge in [-0.05, 0) is 13.8 Å². The van der Waals surface area contributed by atoms with E-state index in [1.54, 1.807) is 18.4 Å². The van der Waals surface area contributed by atoms with E-state index in [4.69, 9.17) is 29.2 Å². The lowest BCUT2D eigenvalue weighted by molar-refractivity contribution is -0.299. The summed E-state index contributed by atoms with van der Waals surface area (Å²) in [6, 6.07) is 0. The van der Waals surface area contributed by atoms with Gasteiger partial charge < -0.3 is 25.1 Å². The van der Waals surface area contributed by atoms with Gasteiger partial charge in [-0.1, -0.05) is 0 Å². The van der Waals surface area contributed by atoms with Crippen LogP contribution < -0.4 is 5.73 Å². The Bertz CT molecular complexity index is 1040. The third-order valence-corrected chi connectivity index (χ3v) is 6.11. The van der Waals surface area contributed by atoms with Crippen molar-refractivity contribution in [2.24, 2.45) is 0 Å². The minimum Gasteiger partial charge on any atom is -0.396 e.